The van der Waals surface area contributed by atoms with Gasteiger partial charge in [-0.15, -0.1) is 6.58 Å². The number of carbonyl (C=O) groups excluding carboxylic acids is 1. The van der Waals surface area contributed by atoms with Crippen LogP contribution in [0.1, 0.15) is 38.7 Å². The molecule has 3 aromatic rings. The maximum absolute atomic E-state index is 13.9. The Balaban J connectivity index is 1.68. The van der Waals surface area contributed by atoms with Gasteiger partial charge in [0.2, 0.25) is 6.79 Å². The van der Waals surface area contributed by atoms with Crippen molar-refractivity contribution in [3.05, 3.63) is 89.0 Å². The largest absolute Gasteiger partial charge is 0.497 e. The lowest BCUT2D eigenvalue weighted by Crippen LogP contribution is -2.29. The Hall–Kier alpha value is -4.13. The molecule has 2 aliphatic rings. The molecule has 35 heavy (non-hydrogen) atoms. The molecule has 7 heteroatoms. The van der Waals surface area contributed by atoms with Crippen LogP contribution in [0.3, 0.4) is 0 Å². The van der Waals surface area contributed by atoms with E-state index in [0.29, 0.717) is 41.5 Å². The van der Waals surface area contributed by atoms with Crippen molar-refractivity contribution in [2.45, 2.75) is 19.0 Å². The monoisotopic (exact) mass is 473 g/mol. The van der Waals surface area contributed by atoms with Gasteiger partial charge in [-0.2, -0.15) is 0 Å². The zero-order valence-electron chi connectivity index (χ0n) is 20.0. The normalized spacial score (nSPS) is 15.7. The number of benzene rings is 3. The predicted molar refractivity (Wildman–Crippen MR) is 131 cm³/mol. The first-order chi connectivity index (χ1) is 17.1. The standard InChI is InChI=1S/C28H27NO6/c1-5-6-18-13-23-24(35-16-34-23)14-21(18)26-20-11-12-22(32-3)27(33-4)25(20)28(30)29(26)15-17-7-9-19(31-2)10-8-17/h5,7-14,26H,1,6,15-16H2,2-4H3. The van der Waals surface area contributed by atoms with Crippen molar-refractivity contribution in [2.75, 3.05) is 28.1 Å². The summed E-state index contributed by atoms with van der Waals surface area (Å²) in [6.07, 6.45) is 2.47. The molecule has 0 N–H and O–H groups in total. The molecular formula is C28H27NO6. The van der Waals surface area contributed by atoms with Crippen molar-refractivity contribution in [3.8, 4) is 28.7 Å². The van der Waals surface area contributed by atoms with Gasteiger partial charge < -0.3 is 28.6 Å². The van der Waals surface area contributed by atoms with Gasteiger partial charge in [0.05, 0.1) is 32.9 Å². The zero-order chi connectivity index (χ0) is 24.5. The fourth-order valence-corrected chi connectivity index (χ4v) is 4.83. The molecule has 2 heterocycles. The summed E-state index contributed by atoms with van der Waals surface area (Å²) in [5.74, 6) is 2.95. The number of fused-ring (bicyclic) bond motifs is 2. The second-order valence-electron chi connectivity index (χ2n) is 8.35. The van der Waals surface area contributed by atoms with E-state index in [9.17, 15) is 4.79 Å². The minimum absolute atomic E-state index is 0.126. The molecule has 0 saturated carbocycles. The molecule has 0 aliphatic carbocycles. The number of hydrogen-bond donors (Lipinski definition) is 0. The van der Waals surface area contributed by atoms with E-state index < -0.39 is 0 Å². The molecule has 180 valence electrons. The number of hydrogen-bond acceptors (Lipinski definition) is 6. The Morgan fingerprint density at radius 2 is 1.71 bits per heavy atom. The molecule has 0 aromatic heterocycles. The van der Waals surface area contributed by atoms with E-state index in [0.717, 1.165) is 28.0 Å². The second kappa shape index (κ2) is 9.25. The predicted octanol–water partition coefficient (Wildman–Crippen LogP) is 4.92. The lowest BCUT2D eigenvalue weighted by atomic mass is 9.91. The quantitative estimate of drug-likeness (QED) is 0.433. The van der Waals surface area contributed by atoms with Crippen molar-refractivity contribution in [1.82, 2.24) is 4.90 Å². The summed E-state index contributed by atoms with van der Waals surface area (Å²) in [6.45, 7) is 4.50. The van der Waals surface area contributed by atoms with Crippen LogP contribution in [0.4, 0.5) is 0 Å². The van der Waals surface area contributed by atoms with E-state index in [1.165, 1.54) is 0 Å². The van der Waals surface area contributed by atoms with Gasteiger partial charge >= 0.3 is 0 Å². The van der Waals surface area contributed by atoms with Gasteiger partial charge in [0.25, 0.3) is 5.91 Å². The number of ether oxygens (including phenoxy) is 5. The van der Waals surface area contributed by atoms with Gasteiger partial charge in [-0.1, -0.05) is 24.3 Å². The lowest BCUT2D eigenvalue weighted by Gasteiger charge is -2.28. The average molecular weight is 474 g/mol. The molecule has 0 radical (unpaired) electrons. The van der Waals surface area contributed by atoms with Gasteiger partial charge in [0, 0.05) is 6.54 Å². The molecule has 1 amide bonds. The van der Waals surface area contributed by atoms with Gasteiger partial charge in [-0.05, 0) is 59.0 Å². The van der Waals surface area contributed by atoms with Crippen LogP contribution < -0.4 is 23.7 Å². The summed E-state index contributed by atoms with van der Waals surface area (Å²) in [5, 5.41) is 0. The van der Waals surface area contributed by atoms with E-state index in [4.69, 9.17) is 23.7 Å². The number of nitrogens with zero attached hydrogens (tertiary/aromatic N) is 1. The topological polar surface area (TPSA) is 66.5 Å². The van der Waals surface area contributed by atoms with Crippen LogP contribution in [-0.2, 0) is 13.0 Å². The van der Waals surface area contributed by atoms with Crippen LogP contribution in [0, 0.1) is 0 Å². The van der Waals surface area contributed by atoms with Crippen molar-refractivity contribution < 1.29 is 28.5 Å². The third kappa shape index (κ3) is 3.83. The first-order valence-corrected chi connectivity index (χ1v) is 11.3. The van der Waals surface area contributed by atoms with Crippen molar-refractivity contribution in [2.24, 2.45) is 0 Å². The minimum atomic E-state index is -0.358. The fraction of sp³-hybridized carbons (Fsp3) is 0.250. The number of rotatable bonds is 8. The lowest BCUT2D eigenvalue weighted by molar-refractivity contribution is 0.0732. The van der Waals surface area contributed by atoms with Crippen LogP contribution in [0.25, 0.3) is 0 Å². The van der Waals surface area contributed by atoms with Crippen molar-refractivity contribution >= 4 is 5.91 Å². The summed E-state index contributed by atoms with van der Waals surface area (Å²) >= 11 is 0. The summed E-state index contributed by atoms with van der Waals surface area (Å²) in [6, 6.07) is 15.1. The van der Waals surface area contributed by atoms with Crippen LogP contribution in [0.15, 0.2) is 61.2 Å². The average Bonchev–Trinajstić information content (AvgIpc) is 3.45. The molecule has 0 spiro atoms. The van der Waals surface area contributed by atoms with Gasteiger partial charge in [-0.3, -0.25) is 4.79 Å². The maximum atomic E-state index is 13.9. The Labute approximate surface area is 204 Å². The summed E-state index contributed by atoms with van der Waals surface area (Å²) < 4.78 is 27.8. The van der Waals surface area contributed by atoms with Crippen molar-refractivity contribution in [3.63, 3.8) is 0 Å². The van der Waals surface area contributed by atoms with Crippen LogP contribution in [0.2, 0.25) is 0 Å². The highest BCUT2D eigenvalue weighted by Crippen LogP contribution is 2.49. The van der Waals surface area contributed by atoms with Crippen molar-refractivity contribution in [1.29, 1.82) is 0 Å². The molecule has 7 nitrogen and oxygen atoms in total. The Bertz CT molecular complexity index is 1280. The molecule has 5 rings (SSSR count). The third-order valence-corrected chi connectivity index (χ3v) is 6.46. The van der Waals surface area contributed by atoms with Crippen LogP contribution in [-0.4, -0.2) is 38.9 Å². The Morgan fingerprint density at radius 1 is 0.971 bits per heavy atom. The number of methoxy groups -OCH3 is 3. The molecule has 0 bridgehead atoms. The fourth-order valence-electron chi connectivity index (χ4n) is 4.83. The third-order valence-electron chi connectivity index (χ3n) is 6.46. The highest BCUT2D eigenvalue weighted by Gasteiger charge is 2.42. The smallest absolute Gasteiger partial charge is 0.259 e. The summed E-state index contributed by atoms with van der Waals surface area (Å²) in [4.78, 5) is 15.8. The van der Waals surface area contributed by atoms with E-state index in [1.54, 1.807) is 21.3 Å². The first kappa shape index (κ1) is 22.7. The summed E-state index contributed by atoms with van der Waals surface area (Å²) in [5.41, 5.74) is 4.32. The number of amides is 1. The van der Waals surface area contributed by atoms with E-state index in [-0.39, 0.29) is 18.7 Å². The first-order valence-electron chi connectivity index (χ1n) is 11.3. The Morgan fingerprint density at radius 3 is 2.37 bits per heavy atom. The van der Waals surface area contributed by atoms with Gasteiger partial charge in [0.15, 0.2) is 23.0 Å². The van der Waals surface area contributed by atoms with Crippen LogP contribution in [0.5, 0.6) is 28.7 Å². The highest BCUT2D eigenvalue weighted by molar-refractivity contribution is 6.03. The number of carbonyl (C=O) groups is 1. The van der Waals surface area contributed by atoms with Crippen LogP contribution >= 0.6 is 0 Å². The summed E-state index contributed by atoms with van der Waals surface area (Å²) in [7, 11) is 4.75. The zero-order valence-corrected chi connectivity index (χ0v) is 20.0. The Kier molecular flexibility index (Phi) is 5.99. The molecule has 1 unspecified atom stereocenters. The van der Waals surface area contributed by atoms with E-state index >= 15 is 0 Å². The molecule has 0 fully saturated rings. The van der Waals surface area contributed by atoms with E-state index in [2.05, 4.69) is 6.58 Å². The molecule has 0 saturated heterocycles. The highest BCUT2D eigenvalue weighted by atomic mass is 16.7. The number of allylic oxidation sites excluding steroid dienone is 1. The second-order valence-corrected chi connectivity index (χ2v) is 8.35. The molecular weight excluding hydrogens is 446 g/mol. The molecule has 1 atom stereocenters. The minimum Gasteiger partial charge on any atom is -0.497 e. The van der Waals surface area contributed by atoms with Gasteiger partial charge in [-0.25, -0.2) is 0 Å². The molecule has 3 aromatic carbocycles. The maximum Gasteiger partial charge on any atom is 0.259 e. The van der Waals surface area contributed by atoms with Gasteiger partial charge in [0.1, 0.15) is 5.75 Å². The molecule has 2 aliphatic heterocycles. The van der Waals surface area contributed by atoms with E-state index in [1.807, 2.05) is 59.5 Å². The SMILES string of the molecule is C=CCc1cc2c(cc1C1c3ccc(OC)c(OC)c3C(=O)N1Cc1ccc(OC)cc1)OCO2.